The monoisotopic (exact) mass is 395 g/mol. The number of carbonyl (C=O) groups excluding carboxylic acids is 1. The molecule has 2 aromatic heterocycles. The Balaban J connectivity index is 1.47. The molecule has 1 saturated carbocycles. The smallest absolute Gasteiger partial charge is 0.289 e. The van der Waals surface area contributed by atoms with Gasteiger partial charge >= 0.3 is 0 Å². The van der Waals surface area contributed by atoms with Gasteiger partial charge in [-0.05, 0) is 57.6 Å². The summed E-state index contributed by atoms with van der Waals surface area (Å²) in [5.74, 6) is 1.31. The normalized spacial score (nSPS) is 18.3. The highest BCUT2D eigenvalue weighted by Crippen LogP contribution is 2.40. The van der Waals surface area contributed by atoms with Crippen LogP contribution in [0.3, 0.4) is 0 Å². The van der Waals surface area contributed by atoms with Crippen molar-refractivity contribution < 1.29 is 4.79 Å². The lowest BCUT2D eigenvalue weighted by Gasteiger charge is -2.41. The first-order valence-electron chi connectivity index (χ1n) is 10.4. The average molecular weight is 396 g/mol. The number of carbonyl (C=O) groups is 1. The summed E-state index contributed by atoms with van der Waals surface area (Å²) in [6, 6.07) is 5.82. The molecule has 0 atom stereocenters. The molecular weight excluding hydrogens is 366 g/mol. The van der Waals surface area contributed by atoms with E-state index in [1.807, 2.05) is 32.0 Å². The van der Waals surface area contributed by atoms with Crippen molar-refractivity contribution in [3.63, 3.8) is 0 Å². The van der Waals surface area contributed by atoms with Gasteiger partial charge in [0.2, 0.25) is 5.82 Å². The largest absolute Gasteiger partial charge is 0.370 e. The van der Waals surface area contributed by atoms with E-state index in [0.717, 1.165) is 68.1 Å². The molecule has 8 heteroatoms. The van der Waals surface area contributed by atoms with Crippen LogP contribution in [0.5, 0.6) is 0 Å². The molecule has 4 rings (SSSR count). The summed E-state index contributed by atoms with van der Waals surface area (Å²) in [6.07, 6.45) is 5.64. The van der Waals surface area contributed by atoms with Crippen LogP contribution >= 0.6 is 0 Å². The second-order valence-corrected chi connectivity index (χ2v) is 8.05. The molecule has 4 N–H and O–H groups in total. The topological polar surface area (TPSA) is 104 Å². The molecule has 0 spiro atoms. The molecule has 3 heterocycles. The summed E-state index contributed by atoms with van der Waals surface area (Å²) in [5, 5.41) is 6.57. The SMILES string of the molecule is Cc1nc(C(=O)NC2(c3ccccn3)CCC2)nc(NCCC2CNNC2)c1C. The van der Waals surface area contributed by atoms with E-state index in [9.17, 15) is 4.79 Å². The maximum atomic E-state index is 13.0. The van der Waals surface area contributed by atoms with Gasteiger partial charge in [-0.3, -0.25) is 20.6 Å². The molecule has 0 unspecified atom stereocenters. The Labute approximate surface area is 171 Å². The van der Waals surface area contributed by atoms with E-state index in [-0.39, 0.29) is 11.7 Å². The van der Waals surface area contributed by atoms with Crippen molar-refractivity contribution in [1.82, 2.24) is 31.1 Å². The van der Waals surface area contributed by atoms with Gasteiger partial charge in [-0.25, -0.2) is 9.97 Å². The van der Waals surface area contributed by atoms with Crippen molar-refractivity contribution in [3.8, 4) is 0 Å². The van der Waals surface area contributed by atoms with Crippen LogP contribution < -0.4 is 21.5 Å². The number of anilines is 1. The first kappa shape index (κ1) is 19.7. The minimum absolute atomic E-state index is 0.210. The molecule has 2 aliphatic rings. The first-order chi connectivity index (χ1) is 14.1. The van der Waals surface area contributed by atoms with Crippen molar-refractivity contribution in [2.45, 2.75) is 45.1 Å². The van der Waals surface area contributed by atoms with E-state index in [2.05, 4.69) is 36.4 Å². The van der Waals surface area contributed by atoms with E-state index in [0.29, 0.717) is 5.92 Å². The number of hydrogen-bond donors (Lipinski definition) is 4. The quantitative estimate of drug-likeness (QED) is 0.567. The lowest BCUT2D eigenvalue weighted by atomic mass is 9.74. The average Bonchev–Trinajstić information content (AvgIpc) is 3.22. The van der Waals surface area contributed by atoms with Crippen molar-refractivity contribution in [2.24, 2.45) is 5.92 Å². The number of amides is 1. The number of nitrogens with one attached hydrogen (secondary N) is 4. The number of hydrogen-bond acceptors (Lipinski definition) is 7. The van der Waals surface area contributed by atoms with Gasteiger partial charge in [-0.1, -0.05) is 6.07 Å². The summed E-state index contributed by atoms with van der Waals surface area (Å²) < 4.78 is 0. The first-order valence-corrected chi connectivity index (χ1v) is 10.4. The predicted octanol–water partition coefficient (Wildman–Crippen LogP) is 1.82. The second-order valence-electron chi connectivity index (χ2n) is 8.05. The lowest BCUT2D eigenvalue weighted by Crippen LogP contribution is -2.51. The Bertz CT molecular complexity index is 861. The molecule has 1 saturated heterocycles. The molecule has 0 aromatic carbocycles. The highest BCUT2D eigenvalue weighted by Gasteiger charge is 2.41. The lowest BCUT2D eigenvalue weighted by molar-refractivity contribution is 0.0805. The molecule has 1 aliphatic heterocycles. The number of rotatable bonds is 7. The molecule has 2 fully saturated rings. The predicted molar refractivity (Wildman–Crippen MR) is 111 cm³/mol. The van der Waals surface area contributed by atoms with Crippen molar-refractivity contribution in [1.29, 1.82) is 0 Å². The molecule has 1 aliphatic carbocycles. The van der Waals surface area contributed by atoms with Gasteiger partial charge in [-0.2, -0.15) is 0 Å². The third-order valence-corrected chi connectivity index (χ3v) is 6.06. The molecule has 29 heavy (non-hydrogen) atoms. The number of aromatic nitrogens is 3. The molecule has 2 aromatic rings. The zero-order valence-electron chi connectivity index (χ0n) is 17.1. The van der Waals surface area contributed by atoms with E-state index in [1.54, 1.807) is 6.20 Å². The van der Waals surface area contributed by atoms with Crippen LogP contribution in [0.25, 0.3) is 0 Å². The zero-order valence-corrected chi connectivity index (χ0v) is 17.1. The molecule has 1 amide bonds. The van der Waals surface area contributed by atoms with E-state index < -0.39 is 5.54 Å². The summed E-state index contributed by atoms with van der Waals surface area (Å²) >= 11 is 0. The number of pyridine rings is 1. The number of aryl methyl sites for hydroxylation is 1. The van der Waals surface area contributed by atoms with Crippen LogP contribution in [0.4, 0.5) is 5.82 Å². The second kappa shape index (κ2) is 8.42. The Morgan fingerprint density at radius 2 is 2.00 bits per heavy atom. The molecule has 0 radical (unpaired) electrons. The minimum atomic E-state index is -0.406. The van der Waals surface area contributed by atoms with E-state index in [1.165, 1.54) is 0 Å². The fraction of sp³-hybridized carbons (Fsp3) is 0.524. The van der Waals surface area contributed by atoms with E-state index in [4.69, 9.17) is 0 Å². The van der Waals surface area contributed by atoms with Crippen LogP contribution in [-0.2, 0) is 5.54 Å². The third kappa shape index (κ3) is 4.23. The van der Waals surface area contributed by atoms with Crippen LogP contribution in [0.2, 0.25) is 0 Å². The van der Waals surface area contributed by atoms with Crippen LogP contribution in [0, 0.1) is 19.8 Å². The number of nitrogens with zero attached hydrogens (tertiary/aromatic N) is 3. The third-order valence-electron chi connectivity index (χ3n) is 6.06. The molecule has 154 valence electrons. The highest BCUT2D eigenvalue weighted by molar-refractivity contribution is 5.91. The van der Waals surface area contributed by atoms with E-state index >= 15 is 0 Å². The summed E-state index contributed by atoms with van der Waals surface area (Å²) in [4.78, 5) is 26.5. The Hall–Kier alpha value is -2.58. The Morgan fingerprint density at radius 1 is 1.21 bits per heavy atom. The van der Waals surface area contributed by atoms with Crippen LogP contribution in [0.15, 0.2) is 24.4 Å². The van der Waals surface area contributed by atoms with Gasteiger partial charge in [0.15, 0.2) is 0 Å². The maximum absolute atomic E-state index is 13.0. The molecule has 8 nitrogen and oxygen atoms in total. The Kier molecular flexibility index (Phi) is 5.73. The number of hydrazine groups is 1. The van der Waals surface area contributed by atoms with Gasteiger partial charge in [-0.15, -0.1) is 0 Å². The summed E-state index contributed by atoms with van der Waals surface area (Å²) in [5.41, 5.74) is 8.59. The highest BCUT2D eigenvalue weighted by atomic mass is 16.2. The van der Waals surface area contributed by atoms with Gasteiger partial charge < -0.3 is 10.6 Å². The van der Waals surface area contributed by atoms with Crippen molar-refractivity contribution in [3.05, 3.63) is 47.2 Å². The van der Waals surface area contributed by atoms with Crippen LogP contribution in [0.1, 0.15) is 53.3 Å². The summed E-state index contributed by atoms with van der Waals surface area (Å²) in [7, 11) is 0. The fourth-order valence-electron chi connectivity index (χ4n) is 3.90. The molecule has 0 bridgehead atoms. The van der Waals surface area contributed by atoms with Crippen LogP contribution in [-0.4, -0.2) is 40.5 Å². The summed E-state index contributed by atoms with van der Waals surface area (Å²) in [6.45, 7) is 6.67. The standard InChI is InChI=1S/C21H29N7O/c1-14-15(2)26-19(27-18(14)23-11-7-16-12-24-25-13-16)20(29)28-21(8-5-9-21)17-6-3-4-10-22-17/h3-4,6,10,16,24-25H,5,7-9,11-13H2,1-2H3,(H,28,29)(H,23,26,27). The van der Waals surface area contributed by atoms with Gasteiger partial charge in [0, 0.05) is 37.1 Å². The maximum Gasteiger partial charge on any atom is 0.289 e. The van der Waals surface area contributed by atoms with Gasteiger partial charge in [0.05, 0.1) is 11.2 Å². The van der Waals surface area contributed by atoms with Gasteiger partial charge in [0.1, 0.15) is 5.82 Å². The zero-order chi connectivity index (χ0) is 20.3. The van der Waals surface area contributed by atoms with Gasteiger partial charge in [0.25, 0.3) is 5.91 Å². The van der Waals surface area contributed by atoms with Crippen molar-refractivity contribution in [2.75, 3.05) is 25.0 Å². The Morgan fingerprint density at radius 3 is 2.66 bits per heavy atom. The molecular formula is C21H29N7O. The fourth-order valence-corrected chi connectivity index (χ4v) is 3.90. The van der Waals surface area contributed by atoms with Crippen molar-refractivity contribution >= 4 is 11.7 Å². The minimum Gasteiger partial charge on any atom is -0.370 e.